The number of halogens is 1. The lowest BCUT2D eigenvalue weighted by Gasteiger charge is -2.32. The Kier molecular flexibility index (Phi) is 3.78. The van der Waals surface area contributed by atoms with Crippen LogP contribution in [0.25, 0.3) is 10.8 Å². The molecule has 2 saturated heterocycles. The van der Waals surface area contributed by atoms with Crippen molar-refractivity contribution in [1.29, 1.82) is 0 Å². The Balaban J connectivity index is 1.72. The Bertz CT molecular complexity index is 693. The van der Waals surface area contributed by atoms with Crippen molar-refractivity contribution in [2.75, 3.05) is 13.1 Å². The third kappa shape index (κ3) is 2.31. The molecular formula is C16H18FN3OS. The van der Waals surface area contributed by atoms with E-state index in [1.54, 1.807) is 18.3 Å². The highest BCUT2D eigenvalue weighted by atomic mass is 32.2. The number of rotatable bonds is 2. The lowest BCUT2D eigenvalue weighted by molar-refractivity contribution is 0.289. The van der Waals surface area contributed by atoms with Crippen molar-refractivity contribution in [3.05, 3.63) is 36.4 Å². The summed E-state index contributed by atoms with van der Waals surface area (Å²) in [5.74, 6) is -0.404. The third-order valence-corrected chi connectivity index (χ3v) is 6.27. The molecule has 0 amide bonds. The maximum Gasteiger partial charge on any atom is 0.185 e. The molecule has 3 unspecified atom stereocenters. The Hall–Kier alpha value is -1.21. The number of pyridine rings is 1. The molecule has 1 N–H and O–H groups in total. The minimum absolute atomic E-state index is 0.287. The van der Waals surface area contributed by atoms with Gasteiger partial charge in [-0.15, -0.1) is 4.31 Å². The lowest BCUT2D eigenvalue weighted by Crippen LogP contribution is -2.48. The normalized spacial score (nSPS) is 27.0. The van der Waals surface area contributed by atoms with E-state index in [0.29, 0.717) is 21.7 Å². The van der Waals surface area contributed by atoms with E-state index in [0.717, 1.165) is 32.4 Å². The van der Waals surface area contributed by atoms with Gasteiger partial charge in [-0.05, 0) is 31.9 Å². The van der Waals surface area contributed by atoms with Crippen molar-refractivity contribution in [3.8, 4) is 0 Å². The molecule has 3 atom stereocenters. The van der Waals surface area contributed by atoms with Crippen molar-refractivity contribution < 1.29 is 8.94 Å². The molecule has 1 aromatic heterocycles. The van der Waals surface area contributed by atoms with E-state index in [-0.39, 0.29) is 6.04 Å². The zero-order valence-corrected chi connectivity index (χ0v) is 13.0. The molecule has 22 heavy (non-hydrogen) atoms. The second-order valence-corrected chi connectivity index (χ2v) is 7.33. The largest absolute Gasteiger partial charge is 0.593 e. The number of hydrogen-bond acceptors (Lipinski definition) is 4. The Morgan fingerprint density at radius 3 is 3.14 bits per heavy atom. The van der Waals surface area contributed by atoms with Crippen molar-refractivity contribution in [2.45, 2.75) is 36.2 Å². The summed E-state index contributed by atoms with van der Waals surface area (Å²) in [5.41, 5.74) is 0. The second kappa shape index (κ2) is 5.77. The van der Waals surface area contributed by atoms with Gasteiger partial charge in [-0.25, -0.2) is 4.39 Å². The van der Waals surface area contributed by atoms with Gasteiger partial charge >= 0.3 is 0 Å². The number of fused-ring (bicyclic) bond motifs is 2. The van der Waals surface area contributed by atoms with Gasteiger partial charge in [0, 0.05) is 24.2 Å². The zero-order valence-electron chi connectivity index (χ0n) is 12.2. The SMILES string of the molecule is [O-][S+](c1cccc2cncc(F)c12)N1CCC2NCCCC21. The maximum absolute atomic E-state index is 14.2. The van der Waals surface area contributed by atoms with E-state index in [4.69, 9.17) is 0 Å². The van der Waals surface area contributed by atoms with Crippen LogP contribution in [0.3, 0.4) is 0 Å². The van der Waals surface area contributed by atoms with Gasteiger partial charge in [0.1, 0.15) is 0 Å². The quantitative estimate of drug-likeness (QED) is 0.863. The van der Waals surface area contributed by atoms with Crippen LogP contribution in [0.4, 0.5) is 4.39 Å². The lowest BCUT2D eigenvalue weighted by atomic mass is 10.0. The first kappa shape index (κ1) is 14.4. The molecule has 0 spiro atoms. The number of hydrogen-bond donors (Lipinski definition) is 1. The first-order valence-electron chi connectivity index (χ1n) is 7.70. The van der Waals surface area contributed by atoms with Gasteiger partial charge in [-0.3, -0.25) is 4.98 Å². The molecule has 2 aromatic rings. The topological polar surface area (TPSA) is 51.2 Å². The smallest absolute Gasteiger partial charge is 0.185 e. The fourth-order valence-corrected chi connectivity index (χ4v) is 5.25. The number of piperidine rings is 1. The summed E-state index contributed by atoms with van der Waals surface area (Å²) in [6, 6.07) is 6.10. The van der Waals surface area contributed by atoms with Gasteiger partial charge in [0.2, 0.25) is 0 Å². The molecule has 0 aliphatic carbocycles. The molecule has 6 heteroatoms. The minimum Gasteiger partial charge on any atom is -0.593 e. The molecule has 116 valence electrons. The van der Waals surface area contributed by atoms with Crippen molar-refractivity contribution in [2.24, 2.45) is 0 Å². The summed E-state index contributed by atoms with van der Waals surface area (Å²) in [6.07, 6.45) is 5.97. The number of aromatic nitrogens is 1. The molecule has 2 fully saturated rings. The van der Waals surface area contributed by atoms with Crippen LogP contribution in [0.1, 0.15) is 19.3 Å². The van der Waals surface area contributed by atoms with Gasteiger partial charge in [0.05, 0.1) is 29.0 Å². The van der Waals surface area contributed by atoms with E-state index in [1.165, 1.54) is 6.20 Å². The highest BCUT2D eigenvalue weighted by molar-refractivity contribution is 7.89. The molecule has 1 aromatic carbocycles. The Morgan fingerprint density at radius 1 is 1.32 bits per heavy atom. The molecule has 2 aliphatic rings. The average molecular weight is 319 g/mol. The molecular weight excluding hydrogens is 301 g/mol. The second-order valence-electron chi connectivity index (χ2n) is 5.92. The van der Waals surface area contributed by atoms with Crippen LogP contribution >= 0.6 is 0 Å². The van der Waals surface area contributed by atoms with Gasteiger partial charge in [-0.1, -0.05) is 12.1 Å². The standard InChI is InChI=1S/C16H18FN3OS/c17-12-10-18-9-11-3-1-5-15(16(11)12)22(21)20-8-6-13-14(20)4-2-7-19-13/h1,3,5,9-10,13-14,19H,2,4,6-8H2. The summed E-state index contributed by atoms with van der Waals surface area (Å²) in [5, 5.41) is 4.64. The van der Waals surface area contributed by atoms with E-state index in [2.05, 4.69) is 10.3 Å². The molecule has 4 rings (SSSR count). The highest BCUT2D eigenvalue weighted by Gasteiger charge is 2.43. The highest BCUT2D eigenvalue weighted by Crippen LogP contribution is 2.34. The third-order valence-electron chi connectivity index (χ3n) is 4.68. The Morgan fingerprint density at radius 2 is 2.23 bits per heavy atom. The fraction of sp³-hybridized carbons (Fsp3) is 0.438. The molecule has 2 aliphatic heterocycles. The van der Waals surface area contributed by atoms with Crippen molar-refractivity contribution >= 4 is 22.1 Å². The summed E-state index contributed by atoms with van der Waals surface area (Å²) in [7, 11) is 0. The van der Waals surface area contributed by atoms with E-state index in [1.807, 2.05) is 10.4 Å². The maximum atomic E-state index is 14.2. The van der Waals surface area contributed by atoms with Crippen LogP contribution in [-0.4, -0.2) is 39.0 Å². The van der Waals surface area contributed by atoms with E-state index in [9.17, 15) is 8.94 Å². The van der Waals surface area contributed by atoms with Gasteiger partial charge in [0.25, 0.3) is 0 Å². The monoisotopic (exact) mass is 319 g/mol. The average Bonchev–Trinajstić information content (AvgIpc) is 2.98. The van der Waals surface area contributed by atoms with E-state index < -0.39 is 17.2 Å². The zero-order chi connectivity index (χ0) is 15.1. The summed E-state index contributed by atoms with van der Waals surface area (Å²) < 4.78 is 29.3. The molecule has 0 radical (unpaired) electrons. The number of benzene rings is 1. The van der Waals surface area contributed by atoms with Crippen molar-refractivity contribution in [3.63, 3.8) is 0 Å². The van der Waals surface area contributed by atoms with Crippen LogP contribution in [0.15, 0.2) is 35.5 Å². The fourth-order valence-electron chi connectivity index (χ4n) is 3.64. The molecule has 4 nitrogen and oxygen atoms in total. The number of nitrogens with one attached hydrogen (secondary N) is 1. The van der Waals surface area contributed by atoms with Crippen LogP contribution < -0.4 is 5.32 Å². The predicted octanol–water partition coefficient (Wildman–Crippen LogP) is 2.22. The summed E-state index contributed by atoms with van der Waals surface area (Å²) in [4.78, 5) is 4.44. The van der Waals surface area contributed by atoms with Crippen LogP contribution in [0, 0.1) is 5.82 Å². The Labute approximate surface area is 132 Å². The molecule has 3 heterocycles. The van der Waals surface area contributed by atoms with Crippen LogP contribution in [0.2, 0.25) is 0 Å². The van der Waals surface area contributed by atoms with Gasteiger partial charge < -0.3 is 9.87 Å². The number of nitrogens with zero attached hydrogens (tertiary/aromatic N) is 2. The molecule has 0 saturated carbocycles. The summed E-state index contributed by atoms with van der Waals surface area (Å²) >= 11 is -1.34. The van der Waals surface area contributed by atoms with Gasteiger partial charge in [-0.2, -0.15) is 0 Å². The van der Waals surface area contributed by atoms with Gasteiger partial charge in [0.15, 0.2) is 10.7 Å². The van der Waals surface area contributed by atoms with Crippen LogP contribution in [-0.2, 0) is 11.4 Å². The predicted molar refractivity (Wildman–Crippen MR) is 84.2 cm³/mol. The molecule has 0 bridgehead atoms. The first-order valence-corrected chi connectivity index (χ1v) is 8.80. The van der Waals surface area contributed by atoms with Crippen LogP contribution in [0.5, 0.6) is 0 Å². The minimum atomic E-state index is -1.34. The van der Waals surface area contributed by atoms with E-state index >= 15 is 0 Å². The van der Waals surface area contributed by atoms with Crippen molar-refractivity contribution in [1.82, 2.24) is 14.6 Å². The summed E-state index contributed by atoms with van der Waals surface area (Å²) in [6.45, 7) is 1.83. The first-order chi connectivity index (χ1) is 10.8.